The zero-order valence-electron chi connectivity index (χ0n) is 20.3. The van der Waals surface area contributed by atoms with Crippen LogP contribution < -0.4 is 5.32 Å². The van der Waals surface area contributed by atoms with Gasteiger partial charge in [-0.2, -0.15) is 13.2 Å². The summed E-state index contributed by atoms with van der Waals surface area (Å²) in [4.78, 5) is 12.8. The highest BCUT2D eigenvalue weighted by Crippen LogP contribution is 2.33. The van der Waals surface area contributed by atoms with Crippen molar-refractivity contribution in [2.24, 2.45) is 11.8 Å². The monoisotopic (exact) mass is 463 g/mol. The summed E-state index contributed by atoms with van der Waals surface area (Å²) in [6.45, 7) is 12.0. The third-order valence-electron chi connectivity index (χ3n) is 5.47. The fourth-order valence-electron chi connectivity index (χ4n) is 3.75. The fraction of sp³-hybridized carbons (Fsp3) is 0.519. The topological polar surface area (TPSA) is 38.3 Å². The molecule has 2 rings (SSSR count). The number of hydrogen-bond donors (Lipinski definition) is 1. The minimum absolute atomic E-state index is 0.269. The zero-order valence-corrected chi connectivity index (χ0v) is 20.3. The number of rotatable bonds is 11. The van der Waals surface area contributed by atoms with Crippen molar-refractivity contribution in [3.05, 3.63) is 59.2 Å². The number of carbonyl (C=O) groups is 1. The van der Waals surface area contributed by atoms with Crippen molar-refractivity contribution in [2.75, 3.05) is 13.2 Å². The van der Waals surface area contributed by atoms with Crippen molar-refractivity contribution in [1.29, 1.82) is 0 Å². The van der Waals surface area contributed by atoms with Gasteiger partial charge in [-0.05, 0) is 78.6 Å². The predicted octanol–water partition coefficient (Wildman–Crippen LogP) is 7.20. The summed E-state index contributed by atoms with van der Waals surface area (Å²) in [5.41, 5.74) is 2.62. The molecule has 0 aliphatic rings. The lowest BCUT2D eigenvalue weighted by atomic mass is 9.87. The van der Waals surface area contributed by atoms with Crippen LogP contribution in [0.1, 0.15) is 70.1 Å². The summed E-state index contributed by atoms with van der Waals surface area (Å²) >= 11 is 0. The molecule has 0 saturated heterocycles. The van der Waals surface area contributed by atoms with Gasteiger partial charge >= 0.3 is 12.1 Å². The van der Waals surface area contributed by atoms with Crippen molar-refractivity contribution < 1.29 is 22.7 Å². The minimum atomic E-state index is -4.38. The Kier molecular flexibility index (Phi) is 9.96. The van der Waals surface area contributed by atoms with Gasteiger partial charge in [0.25, 0.3) is 0 Å². The van der Waals surface area contributed by atoms with E-state index in [9.17, 15) is 18.0 Å². The molecule has 2 aromatic rings. The van der Waals surface area contributed by atoms with Crippen LogP contribution in [0.5, 0.6) is 0 Å². The maximum atomic E-state index is 13.0. The number of hydrogen-bond acceptors (Lipinski definition) is 3. The van der Waals surface area contributed by atoms with Gasteiger partial charge < -0.3 is 10.1 Å². The Bertz CT molecular complexity index is 889. The number of halogens is 3. The molecule has 0 saturated carbocycles. The number of carbonyl (C=O) groups excluding carboxylic acids is 1. The highest BCUT2D eigenvalue weighted by Gasteiger charge is 2.30. The first-order valence-electron chi connectivity index (χ1n) is 11.7. The lowest BCUT2D eigenvalue weighted by Crippen LogP contribution is -2.19. The van der Waals surface area contributed by atoms with Crippen LogP contribution in [0.3, 0.4) is 0 Å². The van der Waals surface area contributed by atoms with Gasteiger partial charge in [0, 0.05) is 6.54 Å². The average Bonchev–Trinajstić information content (AvgIpc) is 2.74. The molecule has 1 unspecified atom stereocenters. The van der Waals surface area contributed by atoms with Crippen LogP contribution in [0.25, 0.3) is 11.1 Å². The van der Waals surface area contributed by atoms with Crippen molar-refractivity contribution in [3.8, 4) is 11.1 Å². The second-order valence-electron chi connectivity index (χ2n) is 9.33. The molecule has 3 nitrogen and oxygen atoms in total. The van der Waals surface area contributed by atoms with E-state index < -0.39 is 17.7 Å². The lowest BCUT2D eigenvalue weighted by molar-refractivity contribution is -0.145. The smallest absolute Gasteiger partial charge is 0.416 e. The van der Waals surface area contributed by atoms with Crippen LogP contribution in [-0.2, 0) is 22.3 Å². The maximum Gasteiger partial charge on any atom is 0.416 e. The second-order valence-corrected chi connectivity index (χ2v) is 9.33. The van der Waals surface area contributed by atoms with Crippen LogP contribution in [0.15, 0.2) is 42.5 Å². The normalized spacial score (nSPS) is 12.9. The Labute approximate surface area is 195 Å². The molecule has 0 fully saturated rings. The molecule has 0 aliphatic heterocycles. The van der Waals surface area contributed by atoms with Gasteiger partial charge in [-0.1, -0.05) is 52.0 Å². The number of benzene rings is 2. The second kappa shape index (κ2) is 12.2. The first-order valence-corrected chi connectivity index (χ1v) is 11.7. The third kappa shape index (κ3) is 8.50. The summed E-state index contributed by atoms with van der Waals surface area (Å²) in [6.07, 6.45) is -2.70. The first-order chi connectivity index (χ1) is 15.5. The SMILES string of the molecule is CCOC(=O)C(CC(C)C)c1cc(CNCCC(C)C)cc(-c2ccc(C(F)(F)F)cc2)c1. The molecule has 0 aliphatic carbocycles. The van der Waals surface area contributed by atoms with Gasteiger partial charge in [0.2, 0.25) is 0 Å². The summed E-state index contributed by atoms with van der Waals surface area (Å²) in [6, 6.07) is 11.1. The fourth-order valence-corrected chi connectivity index (χ4v) is 3.75. The summed E-state index contributed by atoms with van der Waals surface area (Å²) < 4.78 is 44.4. The molecule has 0 radical (unpaired) electrons. The van der Waals surface area contributed by atoms with E-state index in [2.05, 4.69) is 33.0 Å². The predicted molar refractivity (Wildman–Crippen MR) is 127 cm³/mol. The number of ether oxygens (including phenoxy) is 1. The molecule has 182 valence electrons. The third-order valence-corrected chi connectivity index (χ3v) is 5.47. The van der Waals surface area contributed by atoms with Crippen molar-refractivity contribution in [1.82, 2.24) is 5.32 Å². The minimum Gasteiger partial charge on any atom is -0.466 e. The molecule has 0 heterocycles. The van der Waals surface area contributed by atoms with Crippen LogP contribution in [0.2, 0.25) is 0 Å². The maximum absolute atomic E-state index is 13.0. The average molecular weight is 464 g/mol. The molecule has 0 bridgehead atoms. The lowest BCUT2D eigenvalue weighted by Gasteiger charge is -2.20. The van der Waals surface area contributed by atoms with E-state index in [1.807, 2.05) is 18.2 Å². The number of alkyl halides is 3. The molecule has 0 spiro atoms. The quantitative estimate of drug-likeness (QED) is 0.283. The van der Waals surface area contributed by atoms with Crippen molar-refractivity contribution >= 4 is 5.97 Å². The zero-order chi connectivity index (χ0) is 24.6. The summed E-state index contributed by atoms with van der Waals surface area (Å²) in [5.74, 6) is 0.177. The molecular weight excluding hydrogens is 427 g/mol. The van der Waals surface area contributed by atoms with Gasteiger partial charge in [-0.3, -0.25) is 4.79 Å². The highest BCUT2D eigenvalue weighted by atomic mass is 19.4. The van der Waals surface area contributed by atoms with E-state index >= 15 is 0 Å². The van der Waals surface area contributed by atoms with Crippen molar-refractivity contribution in [2.45, 2.75) is 66.1 Å². The summed E-state index contributed by atoms with van der Waals surface area (Å²) in [5, 5.41) is 3.44. The van der Waals surface area contributed by atoms with Crippen LogP contribution in [0.4, 0.5) is 13.2 Å². The van der Waals surface area contributed by atoms with Crippen LogP contribution in [-0.4, -0.2) is 19.1 Å². The van der Waals surface area contributed by atoms with Gasteiger partial charge in [0.05, 0.1) is 18.1 Å². The summed E-state index contributed by atoms with van der Waals surface area (Å²) in [7, 11) is 0. The molecule has 0 amide bonds. The van der Waals surface area contributed by atoms with Crippen molar-refractivity contribution in [3.63, 3.8) is 0 Å². The largest absolute Gasteiger partial charge is 0.466 e. The molecule has 1 atom stereocenters. The van der Waals surface area contributed by atoms with Crippen LogP contribution in [0, 0.1) is 11.8 Å². The molecule has 1 N–H and O–H groups in total. The van der Waals surface area contributed by atoms with Gasteiger partial charge in [0.1, 0.15) is 0 Å². The molecule has 0 aromatic heterocycles. The Morgan fingerprint density at radius 2 is 1.64 bits per heavy atom. The Balaban J connectivity index is 2.45. The van der Waals surface area contributed by atoms with E-state index in [1.54, 1.807) is 6.92 Å². The number of nitrogens with one attached hydrogen (secondary N) is 1. The molecule has 6 heteroatoms. The van der Waals surface area contributed by atoms with Gasteiger partial charge in [0.15, 0.2) is 0 Å². The van der Waals surface area contributed by atoms with E-state index in [4.69, 9.17) is 4.74 Å². The van der Waals surface area contributed by atoms with Crippen LogP contribution >= 0.6 is 0 Å². The first kappa shape index (κ1) is 26.9. The van der Waals surface area contributed by atoms with Gasteiger partial charge in [-0.25, -0.2) is 0 Å². The number of esters is 1. The van der Waals surface area contributed by atoms with Gasteiger partial charge in [-0.15, -0.1) is 0 Å². The standard InChI is InChI=1S/C27H36F3NO2/c1-6-33-26(32)25(13-19(4)5)23-15-20(17-31-12-11-18(2)3)14-22(16-23)21-7-9-24(10-8-21)27(28,29)30/h7-10,14-16,18-19,25,31H,6,11-13,17H2,1-5H3. The Morgan fingerprint density at radius 1 is 0.970 bits per heavy atom. The molecular formula is C27H36F3NO2. The van der Waals surface area contributed by atoms with E-state index in [0.29, 0.717) is 31.1 Å². The van der Waals surface area contributed by atoms with E-state index in [0.717, 1.165) is 41.8 Å². The molecule has 2 aromatic carbocycles. The Hall–Kier alpha value is -2.34. The molecule has 33 heavy (non-hydrogen) atoms. The van der Waals surface area contributed by atoms with E-state index in [-0.39, 0.29) is 11.9 Å². The van der Waals surface area contributed by atoms with E-state index in [1.165, 1.54) is 12.1 Å². The Morgan fingerprint density at radius 3 is 2.18 bits per heavy atom. The highest BCUT2D eigenvalue weighted by molar-refractivity contribution is 5.79.